The summed E-state index contributed by atoms with van der Waals surface area (Å²) in [6, 6.07) is 2.59. The van der Waals surface area contributed by atoms with Gasteiger partial charge in [0.25, 0.3) is 0 Å². The van der Waals surface area contributed by atoms with E-state index in [1.807, 2.05) is 6.07 Å². The molecule has 2 aliphatic carbocycles. The normalized spacial score (nSPS) is 21.2. The first-order chi connectivity index (χ1) is 9.63. The fourth-order valence-corrected chi connectivity index (χ4v) is 5.17. The molecule has 0 radical (unpaired) electrons. The molecule has 0 bridgehead atoms. The second kappa shape index (κ2) is 6.13. The van der Waals surface area contributed by atoms with Crippen molar-refractivity contribution in [3.63, 3.8) is 0 Å². The van der Waals surface area contributed by atoms with Crippen molar-refractivity contribution in [2.45, 2.75) is 68.5 Å². The van der Waals surface area contributed by atoms with Gasteiger partial charge in [-0.15, -0.1) is 11.3 Å². The fraction of sp³-hybridized carbons (Fsp3) is 0.714. The second-order valence-corrected chi connectivity index (χ2v) is 8.57. The summed E-state index contributed by atoms with van der Waals surface area (Å²) in [4.78, 5) is 1.53. The molecule has 0 amide bonds. The Balaban J connectivity index is 1.60. The van der Waals surface area contributed by atoms with E-state index in [-0.39, 0.29) is 6.04 Å². The Morgan fingerprint density at radius 3 is 2.55 bits per heavy atom. The predicted octanol–water partition coefficient (Wildman–Crippen LogP) is 2.61. The minimum Gasteiger partial charge on any atom is -0.309 e. The maximum absolute atomic E-state index is 12.3. The number of rotatable bonds is 6. The maximum atomic E-state index is 12.3. The Labute approximate surface area is 125 Å². The largest absolute Gasteiger partial charge is 0.309 e. The lowest BCUT2D eigenvalue weighted by Gasteiger charge is -2.22. The molecule has 3 rings (SSSR count). The van der Waals surface area contributed by atoms with Crippen molar-refractivity contribution in [2.75, 3.05) is 0 Å². The van der Waals surface area contributed by atoms with E-state index in [1.54, 1.807) is 5.38 Å². The van der Waals surface area contributed by atoms with E-state index in [0.29, 0.717) is 10.9 Å². The Morgan fingerprint density at radius 1 is 1.10 bits per heavy atom. The van der Waals surface area contributed by atoms with Crippen LogP contribution in [0.3, 0.4) is 0 Å². The Kier molecular flexibility index (Phi) is 4.45. The lowest BCUT2D eigenvalue weighted by atomic mass is 9.96. The van der Waals surface area contributed by atoms with Crippen molar-refractivity contribution in [1.82, 2.24) is 10.0 Å². The van der Waals surface area contributed by atoms with Gasteiger partial charge in [-0.3, -0.25) is 0 Å². The van der Waals surface area contributed by atoms with Gasteiger partial charge in [0, 0.05) is 28.9 Å². The summed E-state index contributed by atoms with van der Waals surface area (Å²) >= 11 is 1.53. The molecule has 0 aromatic carbocycles. The van der Waals surface area contributed by atoms with E-state index in [1.165, 1.54) is 30.6 Å². The summed E-state index contributed by atoms with van der Waals surface area (Å²) in [6.07, 6.45) is 7.94. The second-order valence-electron chi connectivity index (χ2n) is 5.86. The van der Waals surface area contributed by atoms with Gasteiger partial charge in [-0.25, -0.2) is 13.1 Å². The summed E-state index contributed by atoms with van der Waals surface area (Å²) in [5, 5.41) is 5.17. The molecule has 1 aromatic rings. The molecular weight excluding hydrogens is 292 g/mol. The molecule has 0 aliphatic heterocycles. The van der Waals surface area contributed by atoms with Crippen LogP contribution in [0, 0.1) is 0 Å². The highest BCUT2D eigenvalue weighted by molar-refractivity contribution is 7.89. The first kappa shape index (κ1) is 14.5. The van der Waals surface area contributed by atoms with E-state index < -0.39 is 10.0 Å². The minimum absolute atomic E-state index is 0.127. The van der Waals surface area contributed by atoms with E-state index in [0.717, 1.165) is 37.1 Å². The van der Waals surface area contributed by atoms with Crippen molar-refractivity contribution < 1.29 is 8.42 Å². The third-order valence-corrected chi connectivity index (χ3v) is 6.60. The third kappa shape index (κ3) is 3.81. The average Bonchev–Trinajstić information content (AvgIpc) is 3.13. The average molecular weight is 314 g/mol. The summed E-state index contributed by atoms with van der Waals surface area (Å²) in [7, 11) is -3.33. The van der Waals surface area contributed by atoms with Crippen LogP contribution < -0.4 is 10.0 Å². The van der Waals surface area contributed by atoms with Crippen LogP contribution in [0.15, 0.2) is 16.3 Å². The van der Waals surface area contributed by atoms with Gasteiger partial charge in [0.05, 0.1) is 4.90 Å². The SMILES string of the molecule is O=S(=O)(NC1CCCCC1)c1csc(CNC2CC2)c1. The monoisotopic (exact) mass is 314 g/mol. The highest BCUT2D eigenvalue weighted by Crippen LogP contribution is 2.24. The van der Waals surface area contributed by atoms with Crippen LogP contribution in [0.5, 0.6) is 0 Å². The fourth-order valence-electron chi connectivity index (χ4n) is 2.63. The summed E-state index contributed by atoms with van der Waals surface area (Å²) < 4.78 is 27.5. The van der Waals surface area contributed by atoms with Crippen molar-refractivity contribution in [1.29, 1.82) is 0 Å². The lowest BCUT2D eigenvalue weighted by molar-refractivity contribution is 0.412. The molecule has 2 N–H and O–H groups in total. The molecule has 2 fully saturated rings. The van der Waals surface area contributed by atoms with Gasteiger partial charge in [0.1, 0.15) is 0 Å². The first-order valence-electron chi connectivity index (χ1n) is 7.46. The molecule has 112 valence electrons. The van der Waals surface area contributed by atoms with Gasteiger partial charge < -0.3 is 5.32 Å². The molecule has 20 heavy (non-hydrogen) atoms. The zero-order valence-electron chi connectivity index (χ0n) is 11.6. The number of sulfonamides is 1. The topological polar surface area (TPSA) is 58.2 Å². The predicted molar refractivity (Wildman–Crippen MR) is 81.4 cm³/mol. The minimum atomic E-state index is -3.33. The summed E-state index contributed by atoms with van der Waals surface area (Å²) in [5.41, 5.74) is 0. The molecule has 1 heterocycles. The van der Waals surface area contributed by atoms with Gasteiger partial charge in [-0.1, -0.05) is 19.3 Å². The van der Waals surface area contributed by atoms with Crippen molar-refractivity contribution >= 4 is 21.4 Å². The number of hydrogen-bond donors (Lipinski definition) is 2. The van der Waals surface area contributed by atoms with Gasteiger partial charge in [0.2, 0.25) is 10.0 Å². The van der Waals surface area contributed by atoms with Crippen LogP contribution in [-0.2, 0) is 16.6 Å². The standard InChI is InChI=1S/C14H22N2O2S2/c17-20(18,16-12-4-2-1-3-5-12)14-8-13(19-10-14)9-15-11-6-7-11/h8,10-12,15-16H,1-7,9H2. The zero-order valence-corrected chi connectivity index (χ0v) is 13.2. The number of thiophene rings is 1. The quantitative estimate of drug-likeness (QED) is 0.848. The molecule has 2 aliphatic rings. The zero-order chi connectivity index (χ0) is 14.0. The summed E-state index contributed by atoms with van der Waals surface area (Å²) in [6.45, 7) is 0.786. The van der Waals surface area contributed by atoms with Gasteiger partial charge in [-0.05, 0) is 31.7 Å². The van der Waals surface area contributed by atoms with Crippen molar-refractivity contribution in [3.05, 3.63) is 16.3 Å². The molecule has 0 saturated heterocycles. The third-order valence-electron chi connectivity index (χ3n) is 4.01. The Morgan fingerprint density at radius 2 is 1.85 bits per heavy atom. The molecule has 6 heteroatoms. The van der Waals surface area contributed by atoms with E-state index in [9.17, 15) is 8.42 Å². The summed E-state index contributed by atoms with van der Waals surface area (Å²) in [5.74, 6) is 0. The van der Waals surface area contributed by atoms with Crippen LogP contribution in [0.25, 0.3) is 0 Å². The van der Waals surface area contributed by atoms with Crippen LogP contribution >= 0.6 is 11.3 Å². The molecule has 4 nitrogen and oxygen atoms in total. The highest BCUT2D eigenvalue weighted by atomic mass is 32.2. The van der Waals surface area contributed by atoms with Crippen molar-refractivity contribution in [3.8, 4) is 0 Å². The molecule has 0 unspecified atom stereocenters. The number of nitrogens with one attached hydrogen (secondary N) is 2. The van der Waals surface area contributed by atoms with Gasteiger partial charge >= 0.3 is 0 Å². The lowest BCUT2D eigenvalue weighted by Crippen LogP contribution is -2.35. The highest BCUT2D eigenvalue weighted by Gasteiger charge is 2.24. The van der Waals surface area contributed by atoms with Crippen LogP contribution in [0.2, 0.25) is 0 Å². The van der Waals surface area contributed by atoms with Crippen LogP contribution in [0.4, 0.5) is 0 Å². The molecule has 0 atom stereocenters. The molecule has 1 aromatic heterocycles. The number of hydrogen-bond acceptors (Lipinski definition) is 4. The molecular formula is C14H22N2O2S2. The van der Waals surface area contributed by atoms with Crippen LogP contribution in [0.1, 0.15) is 49.8 Å². The van der Waals surface area contributed by atoms with E-state index >= 15 is 0 Å². The maximum Gasteiger partial charge on any atom is 0.241 e. The molecule has 0 spiro atoms. The van der Waals surface area contributed by atoms with E-state index in [4.69, 9.17) is 0 Å². The van der Waals surface area contributed by atoms with Gasteiger partial charge in [0.15, 0.2) is 0 Å². The Bertz CT molecular complexity index is 543. The van der Waals surface area contributed by atoms with E-state index in [2.05, 4.69) is 10.0 Å². The van der Waals surface area contributed by atoms with Crippen molar-refractivity contribution in [2.24, 2.45) is 0 Å². The Hall–Kier alpha value is -0.430. The smallest absolute Gasteiger partial charge is 0.241 e. The first-order valence-corrected chi connectivity index (χ1v) is 9.83. The van der Waals surface area contributed by atoms with Crippen LogP contribution in [-0.4, -0.2) is 20.5 Å². The molecule has 2 saturated carbocycles. The van der Waals surface area contributed by atoms with Gasteiger partial charge in [-0.2, -0.15) is 0 Å².